The summed E-state index contributed by atoms with van der Waals surface area (Å²) in [4.78, 5) is 11.0. The molecule has 1 aliphatic carbocycles. The fourth-order valence-corrected chi connectivity index (χ4v) is 1.86. The fourth-order valence-electron chi connectivity index (χ4n) is 1.86. The molecule has 1 aromatic carbocycles. The molecule has 86 valence electrons. The van der Waals surface area contributed by atoms with Crippen LogP contribution in [0.2, 0.25) is 0 Å². The Labute approximate surface area is 97.7 Å². The van der Waals surface area contributed by atoms with Crippen molar-refractivity contribution in [3.8, 4) is 17.0 Å². The van der Waals surface area contributed by atoms with Crippen LogP contribution in [0.25, 0.3) is 11.3 Å². The lowest BCUT2D eigenvalue weighted by Gasteiger charge is -2.05. The Kier molecular flexibility index (Phi) is 2.18. The Hall–Kier alpha value is -2.17. The number of aldehydes is 1. The third-order valence-corrected chi connectivity index (χ3v) is 2.87. The molecule has 0 bridgehead atoms. The number of hydrogen-bond acceptors (Lipinski definition) is 4. The molecule has 1 fully saturated rings. The molecule has 1 N–H and O–H groups in total. The molecule has 0 spiro atoms. The van der Waals surface area contributed by atoms with Crippen LogP contribution in [0.3, 0.4) is 0 Å². The quantitative estimate of drug-likeness (QED) is 0.815. The summed E-state index contributed by atoms with van der Waals surface area (Å²) < 4.78 is 1.80. The largest absolute Gasteiger partial charge is 0.508 e. The molecule has 0 unspecified atom stereocenters. The van der Waals surface area contributed by atoms with E-state index in [9.17, 15) is 9.90 Å². The van der Waals surface area contributed by atoms with Gasteiger partial charge in [-0.05, 0) is 37.1 Å². The van der Waals surface area contributed by atoms with E-state index < -0.39 is 0 Å². The van der Waals surface area contributed by atoms with Crippen molar-refractivity contribution in [2.75, 3.05) is 0 Å². The fraction of sp³-hybridized carbons (Fsp3) is 0.250. The molecule has 3 rings (SSSR count). The van der Waals surface area contributed by atoms with Crippen LogP contribution in [0.4, 0.5) is 0 Å². The number of benzene rings is 1. The van der Waals surface area contributed by atoms with Crippen LogP contribution in [0.5, 0.6) is 5.75 Å². The maximum Gasteiger partial charge on any atom is 0.172 e. The number of phenols is 1. The first kappa shape index (κ1) is 10.0. The topological polar surface area (TPSA) is 68.0 Å². The molecule has 5 nitrogen and oxygen atoms in total. The van der Waals surface area contributed by atoms with Crippen molar-refractivity contribution < 1.29 is 9.90 Å². The zero-order valence-corrected chi connectivity index (χ0v) is 9.08. The standard InChI is InChI=1S/C12H11N3O2/c16-7-11-12(8-1-5-10(17)6-2-8)15(14-13-11)9-3-4-9/h1-2,5-7,9,17H,3-4H2. The van der Waals surface area contributed by atoms with E-state index in [4.69, 9.17) is 0 Å². The van der Waals surface area contributed by atoms with E-state index >= 15 is 0 Å². The molecule has 0 saturated heterocycles. The van der Waals surface area contributed by atoms with E-state index in [1.54, 1.807) is 28.9 Å². The summed E-state index contributed by atoms with van der Waals surface area (Å²) in [5.41, 5.74) is 1.94. The molecule has 1 saturated carbocycles. The van der Waals surface area contributed by atoms with Crippen molar-refractivity contribution in [2.45, 2.75) is 18.9 Å². The Morgan fingerprint density at radius 2 is 2.00 bits per heavy atom. The third kappa shape index (κ3) is 1.69. The lowest BCUT2D eigenvalue weighted by Crippen LogP contribution is -1.99. The predicted octanol–water partition coefficient (Wildman–Crippen LogP) is 1.80. The molecule has 17 heavy (non-hydrogen) atoms. The Morgan fingerprint density at radius 1 is 1.29 bits per heavy atom. The van der Waals surface area contributed by atoms with Gasteiger partial charge in [0.1, 0.15) is 5.75 Å². The molecule has 0 amide bonds. The van der Waals surface area contributed by atoms with Crippen LogP contribution in [-0.4, -0.2) is 26.4 Å². The van der Waals surface area contributed by atoms with E-state index in [-0.39, 0.29) is 5.75 Å². The van der Waals surface area contributed by atoms with E-state index in [1.165, 1.54) is 0 Å². The molecule has 5 heteroatoms. The molecular formula is C12H11N3O2. The second-order valence-corrected chi connectivity index (χ2v) is 4.16. The molecule has 0 radical (unpaired) electrons. The minimum Gasteiger partial charge on any atom is -0.508 e. The van der Waals surface area contributed by atoms with Gasteiger partial charge in [0.05, 0.1) is 11.7 Å². The summed E-state index contributed by atoms with van der Waals surface area (Å²) in [7, 11) is 0. The van der Waals surface area contributed by atoms with Gasteiger partial charge < -0.3 is 5.11 Å². The SMILES string of the molecule is O=Cc1nnn(C2CC2)c1-c1ccc(O)cc1. The van der Waals surface area contributed by atoms with E-state index in [1.807, 2.05) is 0 Å². The van der Waals surface area contributed by atoms with Crippen LogP contribution in [0.15, 0.2) is 24.3 Å². The van der Waals surface area contributed by atoms with Crippen LogP contribution < -0.4 is 0 Å². The van der Waals surface area contributed by atoms with Crippen molar-refractivity contribution in [3.05, 3.63) is 30.0 Å². The van der Waals surface area contributed by atoms with Crippen LogP contribution in [-0.2, 0) is 0 Å². The van der Waals surface area contributed by atoms with Crippen molar-refractivity contribution >= 4 is 6.29 Å². The Morgan fingerprint density at radius 3 is 2.59 bits per heavy atom. The van der Waals surface area contributed by atoms with Gasteiger partial charge in [-0.15, -0.1) is 5.10 Å². The monoisotopic (exact) mass is 229 g/mol. The van der Waals surface area contributed by atoms with Crippen LogP contribution in [0.1, 0.15) is 29.4 Å². The van der Waals surface area contributed by atoms with Crippen molar-refractivity contribution in [3.63, 3.8) is 0 Å². The maximum atomic E-state index is 11.0. The van der Waals surface area contributed by atoms with Gasteiger partial charge in [-0.25, -0.2) is 4.68 Å². The van der Waals surface area contributed by atoms with E-state index in [0.717, 1.165) is 24.1 Å². The number of carbonyl (C=O) groups excluding carboxylic acids is 1. The highest BCUT2D eigenvalue weighted by Crippen LogP contribution is 2.38. The normalized spacial score (nSPS) is 14.8. The highest BCUT2D eigenvalue weighted by molar-refractivity contribution is 5.83. The van der Waals surface area contributed by atoms with Gasteiger partial charge in [0.15, 0.2) is 12.0 Å². The van der Waals surface area contributed by atoms with Gasteiger partial charge in [-0.2, -0.15) is 0 Å². The lowest BCUT2D eigenvalue weighted by atomic mass is 10.1. The second-order valence-electron chi connectivity index (χ2n) is 4.16. The summed E-state index contributed by atoms with van der Waals surface area (Å²) in [6.45, 7) is 0. The Balaban J connectivity index is 2.13. The van der Waals surface area contributed by atoms with Gasteiger partial charge in [0.25, 0.3) is 0 Å². The molecule has 0 aliphatic heterocycles. The summed E-state index contributed by atoms with van der Waals surface area (Å²) in [5.74, 6) is 0.201. The number of hydrogen-bond donors (Lipinski definition) is 1. The number of aromatic hydroxyl groups is 1. The number of aromatic nitrogens is 3. The van der Waals surface area contributed by atoms with Gasteiger partial charge in [-0.3, -0.25) is 4.79 Å². The highest BCUT2D eigenvalue weighted by atomic mass is 16.3. The molecule has 1 aliphatic rings. The zero-order valence-electron chi connectivity index (χ0n) is 9.08. The minimum absolute atomic E-state index is 0.201. The van der Waals surface area contributed by atoms with Gasteiger partial charge in [0, 0.05) is 5.56 Å². The first-order valence-electron chi connectivity index (χ1n) is 5.49. The minimum atomic E-state index is 0.201. The van der Waals surface area contributed by atoms with Crippen molar-refractivity contribution in [2.24, 2.45) is 0 Å². The third-order valence-electron chi connectivity index (χ3n) is 2.87. The van der Waals surface area contributed by atoms with E-state index in [2.05, 4.69) is 10.3 Å². The molecular weight excluding hydrogens is 218 g/mol. The summed E-state index contributed by atoms with van der Waals surface area (Å²) in [6, 6.07) is 7.07. The Bertz CT molecular complexity index is 556. The second kappa shape index (κ2) is 3.69. The first-order valence-corrected chi connectivity index (χ1v) is 5.49. The molecule has 0 atom stereocenters. The average molecular weight is 229 g/mol. The molecule has 1 aromatic heterocycles. The van der Waals surface area contributed by atoms with Crippen molar-refractivity contribution in [1.29, 1.82) is 0 Å². The first-order chi connectivity index (χ1) is 8.29. The number of carbonyl (C=O) groups is 1. The summed E-state index contributed by atoms with van der Waals surface area (Å²) >= 11 is 0. The smallest absolute Gasteiger partial charge is 0.172 e. The molecule has 1 heterocycles. The predicted molar refractivity (Wildman–Crippen MR) is 60.8 cm³/mol. The summed E-state index contributed by atoms with van der Waals surface area (Å²) in [6.07, 6.45) is 2.87. The van der Waals surface area contributed by atoms with Crippen LogP contribution >= 0.6 is 0 Å². The van der Waals surface area contributed by atoms with Gasteiger partial charge >= 0.3 is 0 Å². The van der Waals surface area contributed by atoms with E-state index in [0.29, 0.717) is 18.0 Å². The maximum absolute atomic E-state index is 11.0. The number of phenolic OH excluding ortho intramolecular Hbond substituents is 1. The molecule has 2 aromatic rings. The number of rotatable bonds is 3. The highest BCUT2D eigenvalue weighted by Gasteiger charge is 2.29. The van der Waals surface area contributed by atoms with Gasteiger partial charge in [-0.1, -0.05) is 5.21 Å². The summed E-state index contributed by atoms with van der Waals surface area (Å²) in [5, 5.41) is 17.2. The van der Waals surface area contributed by atoms with Crippen molar-refractivity contribution in [1.82, 2.24) is 15.0 Å². The van der Waals surface area contributed by atoms with Gasteiger partial charge in [0.2, 0.25) is 0 Å². The van der Waals surface area contributed by atoms with Crippen LogP contribution in [0, 0.1) is 0 Å². The number of nitrogens with zero attached hydrogens (tertiary/aromatic N) is 3. The zero-order chi connectivity index (χ0) is 11.8. The average Bonchev–Trinajstić information content (AvgIpc) is 3.10. The lowest BCUT2D eigenvalue weighted by molar-refractivity contribution is 0.111.